The summed E-state index contributed by atoms with van der Waals surface area (Å²) in [6, 6.07) is 17.3. The molecule has 0 heterocycles. The third kappa shape index (κ3) is 4.54. The van der Waals surface area contributed by atoms with E-state index in [0.29, 0.717) is 5.92 Å². The van der Waals surface area contributed by atoms with E-state index < -0.39 is 0 Å². The number of hydrogen-bond acceptors (Lipinski definition) is 3. The molecule has 0 bridgehead atoms. The van der Waals surface area contributed by atoms with Gasteiger partial charge >= 0.3 is 0 Å². The van der Waals surface area contributed by atoms with Gasteiger partial charge in [0.05, 0.1) is 18.0 Å². The van der Waals surface area contributed by atoms with E-state index in [9.17, 15) is 0 Å². The van der Waals surface area contributed by atoms with Gasteiger partial charge in [-0.25, -0.2) is 0 Å². The monoisotopic (exact) mass is 254 g/mol. The van der Waals surface area contributed by atoms with Crippen LogP contribution in [0.5, 0.6) is 5.75 Å². The van der Waals surface area contributed by atoms with E-state index in [0.717, 1.165) is 23.7 Å². The van der Waals surface area contributed by atoms with Crippen molar-refractivity contribution in [3.05, 3.63) is 54.6 Å². The molecule has 2 aromatic carbocycles. The Bertz CT molecular complexity index is 518. The van der Waals surface area contributed by atoms with Crippen LogP contribution in [-0.4, -0.2) is 6.61 Å². The summed E-state index contributed by atoms with van der Waals surface area (Å²) < 4.78 is 5.61. The van der Waals surface area contributed by atoms with Gasteiger partial charge in [-0.1, -0.05) is 32.0 Å². The second kappa shape index (κ2) is 6.69. The van der Waals surface area contributed by atoms with Gasteiger partial charge in [0.15, 0.2) is 0 Å². The number of azo groups is 1. The zero-order valence-corrected chi connectivity index (χ0v) is 11.3. The van der Waals surface area contributed by atoms with Crippen molar-refractivity contribution in [2.24, 2.45) is 16.1 Å². The lowest BCUT2D eigenvalue weighted by Crippen LogP contribution is -2.03. The fraction of sp³-hybridized carbons (Fsp3) is 0.250. The van der Waals surface area contributed by atoms with Crippen LogP contribution in [0.1, 0.15) is 13.8 Å². The van der Waals surface area contributed by atoms with Crippen molar-refractivity contribution in [2.45, 2.75) is 13.8 Å². The van der Waals surface area contributed by atoms with Crippen LogP contribution in [0.15, 0.2) is 64.8 Å². The summed E-state index contributed by atoms with van der Waals surface area (Å²) in [6.45, 7) is 4.98. The Kier molecular flexibility index (Phi) is 4.67. The van der Waals surface area contributed by atoms with Crippen LogP contribution in [0.3, 0.4) is 0 Å². The SMILES string of the molecule is CC(C)COc1ccc(N=Nc2ccccc2)cc1. The Morgan fingerprint density at radius 2 is 1.42 bits per heavy atom. The smallest absolute Gasteiger partial charge is 0.119 e. The Morgan fingerprint density at radius 1 is 0.842 bits per heavy atom. The van der Waals surface area contributed by atoms with E-state index in [1.165, 1.54) is 0 Å². The average molecular weight is 254 g/mol. The number of rotatable bonds is 5. The summed E-state index contributed by atoms with van der Waals surface area (Å²) in [5, 5.41) is 8.35. The molecule has 0 saturated carbocycles. The van der Waals surface area contributed by atoms with Gasteiger partial charge in [0, 0.05) is 0 Å². The van der Waals surface area contributed by atoms with Gasteiger partial charge in [-0.3, -0.25) is 0 Å². The van der Waals surface area contributed by atoms with Crippen molar-refractivity contribution in [3.63, 3.8) is 0 Å². The molecule has 2 rings (SSSR count). The fourth-order valence-electron chi connectivity index (χ4n) is 1.48. The zero-order valence-electron chi connectivity index (χ0n) is 11.3. The van der Waals surface area contributed by atoms with Crippen LogP contribution in [-0.2, 0) is 0 Å². The topological polar surface area (TPSA) is 34.0 Å². The molecule has 2 aromatic rings. The molecule has 3 nitrogen and oxygen atoms in total. The van der Waals surface area contributed by atoms with Crippen LogP contribution in [0.4, 0.5) is 11.4 Å². The lowest BCUT2D eigenvalue weighted by molar-refractivity contribution is 0.271. The highest BCUT2D eigenvalue weighted by atomic mass is 16.5. The first-order valence-electron chi connectivity index (χ1n) is 6.44. The first-order valence-corrected chi connectivity index (χ1v) is 6.44. The first-order chi connectivity index (χ1) is 9.24. The molecule has 0 atom stereocenters. The molecule has 0 spiro atoms. The van der Waals surface area contributed by atoms with Crippen molar-refractivity contribution in [3.8, 4) is 5.75 Å². The van der Waals surface area contributed by atoms with Crippen molar-refractivity contribution >= 4 is 11.4 Å². The first kappa shape index (κ1) is 13.3. The highest BCUT2D eigenvalue weighted by Crippen LogP contribution is 2.21. The molecule has 0 saturated heterocycles. The van der Waals surface area contributed by atoms with Gasteiger partial charge in [0.1, 0.15) is 5.75 Å². The lowest BCUT2D eigenvalue weighted by Gasteiger charge is -2.08. The maximum absolute atomic E-state index is 5.61. The van der Waals surface area contributed by atoms with Gasteiger partial charge in [0.25, 0.3) is 0 Å². The Morgan fingerprint density at radius 3 is 2.00 bits per heavy atom. The van der Waals surface area contributed by atoms with Crippen molar-refractivity contribution in [2.75, 3.05) is 6.61 Å². The van der Waals surface area contributed by atoms with Crippen molar-refractivity contribution < 1.29 is 4.74 Å². The average Bonchev–Trinajstić information content (AvgIpc) is 2.45. The molecule has 0 N–H and O–H groups in total. The highest BCUT2D eigenvalue weighted by Gasteiger charge is 1.97. The van der Waals surface area contributed by atoms with E-state index in [4.69, 9.17) is 4.74 Å². The normalized spacial score (nSPS) is 11.1. The van der Waals surface area contributed by atoms with Gasteiger partial charge < -0.3 is 4.74 Å². The van der Waals surface area contributed by atoms with E-state index in [-0.39, 0.29) is 0 Å². The third-order valence-electron chi connectivity index (χ3n) is 2.46. The minimum atomic E-state index is 0.525. The summed E-state index contributed by atoms with van der Waals surface area (Å²) >= 11 is 0. The molecule has 0 aliphatic carbocycles. The largest absolute Gasteiger partial charge is 0.493 e. The maximum Gasteiger partial charge on any atom is 0.119 e. The summed E-state index contributed by atoms with van der Waals surface area (Å²) in [5.41, 5.74) is 1.67. The number of hydrogen-bond donors (Lipinski definition) is 0. The van der Waals surface area contributed by atoms with Crippen LogP contribution < -0.4 is 4.74 Å². The van der Waals surface area contributed by atoms with Gasteiger partial charge in [-0.05, 0) is 42.3 Å². The summed E-state index contributed by atoms with van der Waals surface area (Å²) in [5.74, 6) is 1.39. The summed E-state index contributed by atoms with van der Waals surface area (Å²) in [6.07, 6.45) is 0. The van der Waals surface area contributed by atoms with Gasteiger partial charge in [-0.15, -0.1) is 0 Å². The second-order valence-corrected chi connectivity index (χ2v) is 4.73. The quantitative estimate of drug-likeness (QED) is 0.680. The lowest BCUT2D eigenvalue weighted by atomic mass is 10.2. The summed E-state index contributed by atoms with van der Waals surface area (Å²) in [7, 11) is 0. The van der Waals surface area contributed by atoms with E-state index in [2.05, 4.69) is 24.1 Å². The summed E-state index contributed by atoms with van der Waals surface area (Å²) in [4.78, 5) is 0. The van der Waals surface area contributed by atoms with Gasteiger partial charge in [0.2, 0.25) is 0 Å². The highest BCUT2D eigenvalue weighted by molar-refractivity contribution is 5.42. The molecule has 0 aliphatic heterocycles. The van der Waals surface area contributed by atoms with Crippen LogP contribution in [0.2, 0.25) is 0 Å². The van der Waals surface area contributed by atoms with Crippen molar-refractivity contribution in [1.29, 1.82) is 0 Å². The molecular formula is C16H18N2O. The Balaban J connectivity index is 1.97. The molecule has 0 aromatic heterocycles. The molecule has 0 fully saturated rings. The van der Waals surface area contributed by atoms with Gasteiger partial charge in [-0.2, -0.15) is 10.2 Å². The predicted molar refractivity (Wildman–Crippen MR) is 77.4 cm³/mol. The number of benzene rings is 2. The molecule has 0 amide bonds. The van der Waals surface area contributed by atoms with Crippen LogP contribution in [0.25, 0.3) is 0 Å². The number of nitrogens with zero attached hydrogens (tertiary/aromatic N) is 2. The van der Waals surface area contributed by atoms with E-state index in [1.54, 1.807) is 0 Å². The Hall–Kier alpha value is -2.16. The van der Waals surface area contributed by atoms with Crippen LogP contribution in [0, 0.1) is 5.92 Å². The predicted octanol–water partition coefficient (Wildman–Crippen LogP) is 5.14. The second-order valence-electron chi connectivity index (χ2n) is 4.73. The molecular weight excluding hydrogens is 236 g/mol. The zero-order chi connectivity index (χ0) is 13.5. The molecule has 0 radical (unpaired) electrons. The maximum atomic E-state index is 5.61. The molecule has 3 heteroatoms. The number of ether oxygens (including phenoxy) is 1. The molecule has 0 unspecified atom stereocenters. The van der Waals surface area contributed by atoms with E-state index in [1.807, 2.05) is 54.6 Å². The minimum Gasteiger partial charge on any atom is -0.493 e. The molecule has 0 aliphatic rings. The molecule has 19 heavy (non-hydrogen) atoms. The molecule has 98 valence electrons. The Labute approximate surface area is 114 Å². The minimum absolute atomic E-state index is 0.525. The third-order valence-corrected chi connectivity index (χ3v) is 2.46. The van der Waals surface area contributed by atoms with Crippen molar-refractivity contribution in [1.82, 2.24) is 0 Å². The fourth-order valence-corrected chi connectivity index (χ4v) is 1.48. The van der Waals surface area contributed by atoms with Crippen LogP contribution >= 0.6 is 0 Å². The standard InChI is InChI=1S/C16H18N2O/c1-13(2)12-19-16-10-8-15(9-11-16)18-17-14-6-4-3-5-7-14/h3-11,13H,12H2,1-2H3. The van der Waals surface area contributed by atoms with E-state index >= 15 is 0 Å².